The Morgan fingerprint density at radius 1 is 1.00 bits per heavy atom. The predicted molar refractivity (Wildman–Crippen MR) is 125 cm³/mol. The van der Waals surface area contributed by atoms with Gasteiger partial charge in [0.25, 0.3) is 0 Å². The number of carbonyl (C=O) groups is 2. The number of benzene rings is 2. The van der Waals surface area contributed by atoms with Crippen LogP contribution in [0, 0.1) is 6.92 Å². The van der Waals surface area contributed by atoms with Crippen LogP contribution in [0.25, 0.3) is 0 Å². The van der Waals surface area contributed by atoms with E-state index in [1.54, 1.807) is 0 Å². The fraction of sp³-hybridized carbons (Fsp3) is 0.391. The molecule has 0 aromatic heterocycles. The van der Waals surface area contributed by atoms with Gasteiger partial charge in [-0.15, -0.1) is 11.8 Å². The average molecular weight is 446 g/mol. The third kappa shape index (κ3) is 7.67. The quantitative estimate of drug-likeness (QED) is 0.642. The molecule has 30 heavy (non-hydrogen) atoms. The van der Waals surface area contributed by atoms with Gasteiger partial charge < -0.3 is 10.6 Å². The second-order valence-electron chi connectivity index (χ2n) is 7.65. The van der Waals surface area contributed by atoms with Crippen LogP contribution in [0.3, 0.4) is 0 Å². The van der Waals surface area contributed by atoms with Gasteiger partial charge in [0.1, 0.15) is 0 Å². The van der Waals surface area contributed by atoms with Crippen molar-refractivity contribution in [2.45, 2.75) is 32.4 Å². The van der Waals surface area contributed by atoms with Crippen molar-refractivity contribution in [3.05, 3.63) is 64.7 Å². The van der Waals surface area contributed by atoms with Gasteiger partial charge in [0.05, 0.1) is 11.5 Å². The van der Waals surface area contributed by atoms with E-state index in [2.05, 4.69) is 27.7 Å². The van der Waals surface area contributed by atoms with Crippen molar-refractivity contribution in [2.75, 3.05) is 29.9 Å². The molecule has 2 N–H and O–H groups in total. The number of anilines is 1. The number of piperidine rings is 1. The predicted octanol–water partition coefficient (Wildman–Crippen LogP) is 4.10. The Morgan fingerprint density at radius 2 is 1.63 bits per heavy atom. The number of rotatable bonds is 8. The summed E-state index contributed by atoms with van der Waals surface area (Å²) in [5.74, 6) is 0.471. The van der Waals surface area contributed by atoms with E-state index < -0.39 is 0 Å². The number of carbonyl (C=O) groups excluding carboxylic acids is 2. The molecule has 0 aliphatic carbocycles. The van der Waals surface area contributed by atoms with E-state index in [1.807, 2.05) is 43.3 Å². The molecule has 5 nitrogen and oxygen atoms in total. The number of hydrogen-bond donors (Lipinski definition) is 2. The summed E-state index contributed by atoms with van der Waals surface area (Å²) in [6, 6.07) is 15.8. The highest BCUT2D eigenvalue weighted by atomic mass is 35.5. The minimum absolute atomic E-state index is 0.000660. The molecule has 3 rings (SSSR count). The topological polar surface area (TPSA) is 61.4 Å². The minimum atomic E-state index is -0.0906. The highest BCUT2D eigenvalue weighted by Gasteiger charge is 2.20. The lowest BCUT2D eigenvalue weighted by molar-refractivity contribution is -0.119. The number of likely N-dealkylation sites (tertiary alicyclic amines) is 1. The molecule has 1 heterocycles. The Labute approximate surface area is 187 Å². The maximum absolute atomic E-state index is 12.2. The number of aryl methyl sites for hydroxylation is 1. The van der Waals surface area contributed by atoms with Gasteiger partial charge in [0.15, 0.2) is 0 Å². The van der Waals surface area contributed by atoms with Crippen molar-refractivity contribution in [2.24, 2.45) is 0 Å². The molecule has 7 heteroatoms. The maximum Gasteiger partial charge on any atom is 0.234 e. The molecule has 1 saturated heterocycles. The number of hydrogen-bond acceptors (Lipinski definition) is 4. The molecule has 2 amide bonds. The fourth-order valence-electron chi connectivity index (χ4n) is 3.42. The number of halogens is 1. The van der Waals surface area contributed by atoms with Gasteiger partial charge in [0.2, 0.25) is 11.8 Å². The minimum Gasteiger partial charge on any atom is -0.353 e. The van der Waals surface area contributed by atoms with Crippen LogP contribution in [0.5, 0.6) is 0 Å². The first-order valence-corrected chi connectivity index (χ1v) is 11.7. The van der Waals surface area contributed by atoms with E-state index in [0.717, 1.165) is 48.7 Å². The van der Waals surface area contributed by atoms with Gasteiger partial charge in [-0.1, -0.05) is 41.4 Å². The van der Waals surface area contributed by atoms with Crippen molar-refractivity contribution in [1.82, 2.24) is 10.2 Å². The highest BCUT2D eigenvalue weighted by molar-refractivity contribution is 8.00. The van der Waals surface area contributed by atoms with Gasteiger partial charge in [-0.3, -0.25) is 14.5 Å². The summed E-state index contributed by atoms with van der Waals surface area (Å²) >= 11 is 7.28. The largest absolute Gasteiger partial charge is 0.353 e. The van der Waals surface area contributed by atoms with Crippen molar-refractivity contribution < 1.29 is 9.59 Å². The van der Waals surface area contributed by atoms with Crippen LogP contribution < -0.4 is 10.6 Å². The van der Waals surface area contributed by atoms with Crippen LogP contribution in [0.15, 0.2) is 48.5 Å². The molecule has 0 spiro atoms. The normalized spacial score (nSPS) is 15.0. The third-order valence-electron chi connectivity index (χ3n) is 5.07. The fourth-order valence-corrected chi connectivity index (χ4v) is 4.18. The summed E-state index contributed by atoms with van der Waals surface area (Å²) in [6.07, 6.45) is 1.88. The van der Waals surface area contributed by atoms with E-state index in [0.29, 0.717) is 5.75 Å². The monoisotopic (exact) mass is 445 g/mol. The SMILES string of the molecule is Cc1ccc(NC(=O)CSCC(=O)NC2CCN(Cc3ccc(Cl)cc3)CC2)cc1. The molecule has 0 bridgehead atoms. The highest BCUT2D eigenvalue weighted by Crippen LogP contribution is 2.16. The van der Waals surface area contributed by atoms with Crippen molar-refractivity contribution in [3.63, 3.8) is 0 Å². The molecule has 2 aromatic carbocycles. The molecule has 0 atom stereocenters. The van der Waals surface area contributed by atoms with E-state index >= 15 is 0 Å². The van der Waals surface area contributed by atoms with Crippen LogP contribution in [0.2, 0.25) is 5.02 Å². The zero-order valence-electron chi connectivity index (χ0n) is 17.2. The Balaban J connectivity index is 1.29. The zero-order chi connectivity index (χ0) is 21.3. The smallest absolute Gasteiger partial charge is 0.234 e. The van der Waals surface area contributed by atoms with Gasteiger partial charge >= 0.3 is 0 Å². The van der Waals surface area contributed by atoms with Crippen LogP contribution in [-0.2, 0) is 16.1 Å². The van der Waals surface area contributed by atoms with Gasteiger partial charge in [-0.2, -0.15) is 0 Å². The van der Waals surface area contributed by atoms with E-state index in [9.17, 15) is 9.59 Å². The summed E-state index contributed by atoms with van der Waals surface area (Å²) in [5.41, 5.74) is 3.18. The third-order valence-corrected chi connectivity index (χ3v) is 6.26. The lowest BCUT2D eigenvalue weighted by atomic mass is 10.0. The summed E-state index contributed by atoms with van der Waals surface area (Å²) in [7, 11) is 0. The molecule has 2 aromatic rings. The first-order valence-electron chi connectivity index (χ1n) is 10.2. The first kappa shape index (κ1) is 22.7. The summed E-state index contributed by atoms with van der Waals surface area (Å²) in [5, 5.41) is 6.71. The molecule has 0 radical (unpaired) electrons. The van der Waals surface area contributed by atoms with Crippen molar-refractivity contribution >= 4 is 40.9 Å². The Morgan fingerprint density at radius 3 is 2.30 bits per heavy atom. The van der Waals surface area contributed by atoms with Crippen LogP contribution in [0.4, 0.5) is 5.69 Å². The second-order valence-corrected chi connectivity index (χ2v) is 9.07. The van der Waals surface area contributed by atoms with Gasteiger partial charge in [-0.25, -0.2) is 0 Å². The molecule has 1 fully saturated rings. The van der Waals surface area contributed by atoms with Crippen LogP contribution in [-0.4, -0.2) is 47.4 Å². The van der Waals surface area contributed by atoms with Crippen molar-refractivity contribution in [1.29, 1.82) is 0 Å². The van der Waals surface area contributed by atoms with Crippen LogP contribution >= 0.6 is 23.4 Å². The standard InChI is InChI=1S/C23H28ClN3O2S/c1-17-2-8-20(9-3-17)25-22(28)15-30-16-23(29)26-21-10-12-27(13-11-21)14-18-4-6-19(24)7-5-18/h2-9,21H,10-16H2,1H3,(H,25,28)(H,26,29). The summed E-state index contributed by atoms with van der Waals surface area (Å²) in [6.45, 7) is 4.83. The molecular formula is C23H28ClN3O2S. The van der Waals surface area contributed by atoms with E-state index in [-0.39, 0.29) is 23.6 Å². The Kier molecular flexibility index (Phi) is 8.61. The van der Waals surface area contributed by atoms with Gasteiger partial charge in [0, 0.05) is 36.4 Å². The molecule has 0 saturated carbocycles. The number of amides is 2. The average Bonchev–Trinajstić information content (AvgIpc) is 2.73. The van der Waals surface area contributed by atoms with E-state index in [4.69, 9.17) is 11.6 Å². The number of nitrogens with zero attached hydrogens (tertiary/aromatic N) is 1. The maximum atomic E-state index is 12.2. The van der Waals surface area contributed by atoms with Crippen molar-refractivity contribution in [3.8, 4) is 0 Å². The molecule has 1 aliphatic rings. The van der Waals surface area contributed by atoms with E-state index in [1.165, 1.54) is 17.3 Å². The summed E-state index contributed by atoms with van der Waals surface area (Å²) < 4.78 is 0. The second kappa shape index (κ2) is 11.4. The van der Waals surface area contributed by atoms with Gasteiger partial charge in [-0.05, 0) is 49.6 Å². The zero-order valence-corrected chi connectivity index (χ0v) is 18.8. The molecular weight excluding hydrogens is 418 g/mol. The Bertz CT molecular complexity index is 835. The molecule has 1 aliphatic heterocycles. The van der Waals surface area contributed by atoms with Crippen LogP contribution in [0.1, 0.15) is 24.0 Å². The number of thioether (sulfide) groups is 1. The lowest BCUT2D eigenvalue weighted by Crippen LogP contribution is -2.44. The number of nitrogens with one attached hydrogen (secondary N) is 2. The first-order chi connectivity index (χ1) is 14.5. The Hall–Kier alpha value is -2.02. The lowest BCUT2D eigenvalue weighted by Gasteiger charge is -2.32. The molecule has 0 unspecified atom stereocenters. The molecule has 160 valence electrons. The summed E-state index contributed by atoms with van der Waals surface area (Å²) in [4.78, 5) is 26.6.